The molecule has 126 valence electrons. The molecule has 0 spiro atoms. The van der Waals surface area contributed by atoms with Crippen molar-refractivity contribution in [2.24, 2.45) is 5.92 Å². The lowest BCUT2D eigenvalue weighted by atomic mass is 10.1. The maximum Gasteiger partial charge on any atom is 0.224 e. The van der Waals surface area contributed by atoms with Gasteiger partial charge in [-0.1, -0.05) is 18.2 Å². The molecule has 5 nitrogen and oxygen atoms in total. The first-order valence-corrected chi connectivity index (χ1v) is 9.75. The quantitative estimate of drug-likeness (QED) is 0.873. The molecular formula is C18H20N2O3S. The monoisotopic (exact) mass is 344 g/mol. The molecule has 2 aromatic carbocycles. The molecule has 1 amide bonds. The van der Waals surface area contributed by atoms with Crippen LogP contribution in [-0.4, -0.2) is 25.8 Å². The first-order chi connectivity index (χ1) is 11.5. The summed E-state index contributed by atoms with van der Waals surface area (Å²) in [7, 11) is -2.94. The van der Waals surface area contributed by atoms with E-state index in [0.29, 0.717) is 12.1 Å². The normalized spacial score (nSPS) is 18.9. The number of benzene rings is 2. The summed E-state index contributed by atoms with van der Waals surface area (Å²) in [4.78, 5) is 12.0. The summed E-state index contributed by atoms with van der Waals surface area (Å²) in [5.41, 5.74) is 2.64. The summed E-state index contributed by atoms with van der Waals surface area (Å²) < 4.78 is 22.9. The van der Waals surface area contributed by atoms with Crippen LogP contribution in [0.15, 0.2) is 54.6 Å². The second kappa shape index (κ2) is 7.05. The Labute approximate surface area is 142 Å². The zero-order chi connectivity index (χ0) is 17.0. The third-order valence-electron chi connectivity index (χ3n) is 4.03. The first kappa shape index (κ1) is 16.5. The number of hydrogen-bond donors (Lipinski definition) is 2. The summed E-state index contributed by atoms with van der Waals surface area (Å²) in [5.74, 6) is 0.125. The van der Waals surface area contributed by atoms with E-state index in [-0.39, 0.29) is 29.8 Å². The van der Waals surface area contributed by atoms with E-state index in [1.807, 2.05) is 54.6 Å². The Morgan fingerprint density at radius 3 is 2.21 bits per heavy atom. The Morgan fingerprint density at radius 1 is 0.958 bits per heavy atom. The van der Waals surface area contributed by atoms with Crippen molar-refractivity contribution in [2.75, 3.05) is 22.1 Å². The van der Waals surface area contributed by atoms with Crippen LogP contribution in [0.2, 0.25) is 0 Å². The fourth-order valence-corrected chi connectivity index (χ4v) is 4.69. The van der Waals surface area contributed by atoms with Gasteiger partial charge in [0.15, 0.2) is 9.84 Å². The molecule has 1 atom stereocenters. The van der Waals surface area contributed by atoms with Gasteiger partial charge < -0.3 is 10.6 Å². The molecule has 1 saturated heterocycles. The van der Waals surface area contributed by atoms with E-state index in [0.717, 1.165) is 11.4 Å². The van der Waals surface area contributed by atoms with E-state index in [1.54, 1.807) is 0 Å². The summed E-state index contributed by atoms with van der Waals surface area (Å²) in [6.07, 6.45) is 0.832. The van der Waals surface area contributed by atoms with Gasteiger partial charge in [0.1, 0.15) is 0 Å². The van der Waals surface area contributed by atoms with E-state index in [1.165, 1.54) is 0 Å². The van der Waals surface area contributed by atoms with E-state index < -0.39 is 9.84 Å². The highest BCUT2D eigenvalue weighted by Crippen LogP contribution is 2.23. The molecule has 1 aliphatic rings. The average Bonchev–Trinajstić information content (AvgIpc) is 2.89. The Morgan fingerprint density at radius 2 is 1.58 bits per heavy atom. The van der Waals surface area contributed by atoms with E-state index in [4.69, 9.17) is 0 Å². The lowest BCUT2D eigenvalue weighted by Gasteiger charge is -2.10. The van der Waals surface area contributed by atoms with Crippen LogP contribution in [0.25, 0.3) is 0 Å². The highest BCUT2D eigenvalue weighted by Gasteiger charge is 2.29. The fourth-order valence-electron chi connectivity index (χ4n) is 2.83. The third kappa shape index (κ3) is 4.58. The second-order valence-electron chi connectivity index (χ2n) is 6.09. The molecule has 0 bridgehead atoms. The molecule has 24 heavy (non-hydrogen) atoms. The lowest BCUT2D eigenvalue weighted by molar-refractivity contribution is -0.116. The number of anilines is 3. The van der Waals surface area contributed by atoms with Crippen molar-refractivity contribution in [3.8, 4) is 0 Å². The molecule has 0 radical (unpaired) electrons. The molecule has 3 rings (SSSR count). The molecule has 0 saturated carbocycles. The smallest absolute Gasteiger partial charge is 0.224 e. The lowest BCUT2D eigenvalue weighted by Crippen LogP contribution is -2.17. The minimum Gasteiger partial charge on any atom is -0.356 e. The third-order valence-corrected chi connectivity index (χ3v) is 5.87. The number of rotatable bonds is 5. The maximum atomic E-state index is 12.0. The van der Waals surface area contributed by atoms with Gasteiger partial charge in [0.2, 0.25) is 5.91 Å². The van der Waals surface area contributed by atoms with Gasteiger partial charge in [-0.3, -0.25) is 4.79 Å². The Hall–Kier alpha value is -2.34. The largest absolute Gasteiger partial charge is 0.356 e. The molecule has 1 aliphatic heterocycles. The van der Waals surface area contributed by atoms with Crippen LogP contribution in [0.4, 0.5) is 17.1 Å². The van der Waals surface area contributed by atoms with Crippen molar-refractivity contribution >= 4 is 32.8 Å². The number of sulfone groups is 1. The molecule has 0 aliphatic carbocycles. The van der Waals surface area contributed by atoms with Crippen molar-refractivity contribution in [1.29, 1.82) is 0 Å². The van der Waals surface area contributed by atoms with E-state index >= 15 is 0 Å². The van der Waals surface area contributed by atoms with Crippen LogP contribution >= 0.6 is 0 Å². The number of carbonyl (C=O) groups excluding carboxylic acids is 1. The average molecular weight is 344 g/mol. The molecule has 0 aromatic heterocycles. The predicted octanol–water partition coefficient (Wildman–Crippen LogP) is 3.19. The summed E-state index contributed by atoms with van der Waals surface area (Å²) in [5, 5.41) is 6.10. The molecule has 2 aromatic rings. The van der Waals surface area contributed by atoms with Gasteiger partial charge >= 0.3 is 0 Å². The number of carbonyl (C=O) groups is 1. The number of amides is 1. The van der Waals surface area contributed by atoms with Gasteiger partial charge in [0.05, 0.1) is 11.5 Å². The Kier molecular flexibility index (Phi) is 4.85. The van der Waals surface area contributed by atoms with Crippen molar-refractivity contribution in [1.82, 2.24) is 0 Å². The van der Waals surface area contributed by atoms with Gasteiger partial charge in [-0.15, -0.1) is 0 Å². The topological polar surface area (TPSA) is 75.3 Å². The molecule has 1 heterocycles. The molecule has 1 fully saturated rings. The van der Waals surface area contributed by atoms with Crippen molar-refractivity contribution < 1.29 is 13.2 Å². The van der Waals surface area contributed by atoms with Gasteiger partial charge in [-0.2, -0.15) is 0 Å². The number of nitrogens with one attached hydrogen (secondary N) is 2. The predicted molar refractivity (Wildman–Crippen MR) is 96.2 cm³/mol. The minimum atomic E-state index is -2.94. The summed E-state index contributed by atoms with van der Waals surface area (Å²) >= 11 is 0. The van der Waals surface area contributed by atoms with Crippen LogP contribution in [0.1, 0.15) is 12.8 Å². The Bertz CT molecular complexity index is 802. The van der Waals surface area contributed by atoms with Crippen LogP contribution in [-0.2, 0) is 14.6 Å². The van der Waals surface area contributed by atoms with Crippen LogP contribution in [0.5, 0.6) is 0 Å². The number of para-hydroxylation sites is 1. The zero-order valence-corrected chi connectivity index (χ0v) is 14.1. The van der Waals surface area contributed by atoms with Crippen molar-refractivity contribution in [3.63, 3.8) is 0 Å². The zero-order valence-electron chi connectivity index (χ0n) is 13.2. The van der Waals surface area contributed by atoms with Crippen molar-refractivity contribution in [3.05, 3.63) is 54.6 Å². The standard InChI is InChI=1S/C18H20N2O3S/c21-18(12-14-10-11-24(22,23)13-14)20-17-8-6-16(7-9-17)19-15-4-2-1-3-5-15/h1-9,14,19H,10-13H2,(H,20,21). The summed E-state index contributed by atoms with van der Waals surface area (Å²) in [6.45, 7) is 0. The van der Waals surface area contributed by atoms with Gasteiger partial charge in [0.25, 0.3) is 0 Å². The van der Waals surface area contributed by atoms with Crippen LogP contribution < -0.4 is 10.6 Å². The maximum absolute atomic E-state index is 12.0. The first-order valence-electron chi connectivity index (χ1n) is 7.93. The van der Waals surface area contributed by atoms with Gasteiger partial charge in [-0.05, 0) is 48.7 Å². The summed E-state index contributed by atoms with van der Waals surface area (Å²) in [6, 6.07) is 17.3. The Balaban J connectivity index is 1.53. The number of hydrogen-bond acceptors (Lipinski definition) is 4. The van der Waals surface area contributed by atoms with E-state index in [9.17, 15) is 13.2 Å². The fraction of sp³-hybridized carbons (Fsp3) is 0.278. The van der Waals surface area contributed by atoms with Crippen LogP contribution in [0.3, 0.4) is 0 Å². The molecule has 1 unspecified atom stereocenters. The van der Waals surface area contributed by atoms with Crippen molar-refractivity contribution in [2.45, 2.75) is 12.8 Å². The highest BCUT2D eigenvalue weighted by atomic mass is 32.2. The SMILES string of the molecule is O=C(CC1CCS(=O)(=O)C1)Nc1ccc(Nc2ccccc2)cc1. The second-order valence-corrected chi connectivity index (χ2v) is 8.32. The molecular weight excluding hydrogens is 324 g/mol. The molecule has 6 heteroatoms. The van der Waals surface area contributed by atoms with Crippen LogP contribution in [0, 0.1) is 5.92 Å². The highest BCUT2D eigenvalue weighted by molar-refractivity contribution is 7.91. The van der Waals surface area contributed by atoms with Gasteiger partial charge in [0, 0.05) is 23.5 Å². The molecule has 2 N–H and O–H groups in total. The van der Waals surface area contributed by atoms with Gasteiger partial charge in [-0.25, -0.2) is 8.42 Å². The minimum absolute atomic E-state index is 0.0611. The van der Waals surface area contributed by atoms with E-state index in [2.05, 4.69) is 10.6 Å².